The first kappa shape index (κ1) is 14.4. The molecule has 1 amide bonds. The Morgan fingerprint density at radius 3 is 2.71 bits per heavy atom. The standard InChI is InChI=1S/C11H13NO2.C2H5I/c1-2-14-10-7-8-5-3-4-6-9(8)12-11(10)13;1-2-3/h3-6,10H,2,7H2,1H3,(H,12,13);2H2,1H3. The van der Waals surface area contributed by atoms with Crippen molar-refractivity contribution in [3.63, 3.8) is 0 Å². The van der Waals surface area contributed by atoms with Gasteiger partial charge in [0.25, 0.3) is 5.91 Å². The highest BCUT2D eigenvalue weighted by Gasteiger charge is 2.25. The molecule has 1 aliphatic heterocycles. The summed E-state index contributed by atoms with van der Waals surface area (Å²) in [6.07, 6.45) is 0.352. The number of fused-ring (bicyclic) bond motifs is 1. The summed E-state index contributed by atoms with van der Waals surface area (Å²) in [5.41, 5.74) is 2.05. The molecule has 1 heterocycles. The van der Waals surface area contributed by atoms with Gasteiger partial charge >= 0.3 is 0 Å². The third-order valence-electron chi connectivity index (χ3n) is 2.34. The lowest BCUT2D eigenvalue weighted by Crippen LogP contribution is -2.36. The Balaban J connectivity index is 0.000000437. The van der Waals surface area contributed by atoms with Crippen molar-refractivity contribution in [3.05, 3.63) is 29.8 Å². The largest absolute Gasteiger partial charge is 0.368 e. The Morgan fingerprint density at radius 2 is 2.06 bits per heavy atom. The van der Waals surface area contributed by atoms with E-state index in [-0.39, 0.29) is 12.0 Å². The van der Waals surface area contributed by atoms with E-state index in [9.17, 15) is 4.79 Å². The summed E-state index contributed by atoms with van der Waals surface area (Å²) in [4.78, 5) is 11.5. The molecule has 3 nitrogen and oxygen atoms in total. The Hall–Kier alpha value is -0.620. The highest BCUT2D eigenvalue weighted by Crippen LogP contribution is 2.22. The van der Waals surface area contributed by atoms with Crippen LogP contribution < -0.4 is 5.32 Å². The molecule has 1 unspecified atom stereocenters. The lowest BCUT2D eigenvalue weighted by atomic mass is 10.0. The predicted molar refractivity (Wildman–Crippen MR) is 78.8 cm³/mol. The predicted octanol–water partition coefficient (Wildman–Crippen LogP) is 3.03. The molecule has 0 saturated carbocycles. The molecule has 17 heavy (non-hydrogen) atoms. The molecular formula is C13H18INO2. The van der Waals surface area contributed by atoms with Crippen LogP contribution in [0, 0.1) is 0 Å². The van der Waals surface area contributed by atoms with E-state index in [1.807, 2.05) is 31.2 Å². The summed E-state index contributed by atoms with van der Waals surface area (Å²) >= 11 is 2.29. The topological polar surface area (TPSA) is 38.3 Å². The van der Waals surface area contributed by atoms with Gasteiger partial charge in [-0.05, 0) is 23.0 Å². The Bertz CT molecular complexity index is 368. The number of ether oxygens (including phenoxy) is 1. The molecule has 0 saturated heterocycles. The molecule has 1 atom stereocenters. The van der Waals surface area contributed by atoms with Crippen molar-refractivity contribution >= 4 is 34.2 Å². The van der Waals surface area contributed by atoms with Crippen LogP contribution in [-0.2, 0) is 16.0 Å². The lowest BCUT2D eigenvalue weighted by molar-refractivity contribution is -0.127. The van der Waals surface area contributed by atoms with Crippen LogP contribution in [-0.4, -0.2) is 23.0 Å². The average Bonchev–Trinajstić information content (AvgIpc) is 2.31. The summed E-state index contributed by atoms with van der Waals surface area (Å²) in [5.74, 6) is -0.0365. The summed E-state index contributed by atoms with van der Waals surface area (Å²) in [7, 11) is 0. The fraction of sp³-hybridized carbons (Fsp3) is 0.462. The van der Waals surface area contributed by atoms with Crippen molar-refractivity contribution in [1.82, 2.24) is 0 Å². The first-order chi connectivity index (χ1) is 8.22. The highest BCUT2D eigenvalue weighted by molar-refractivity contribution is 14.1. The zero-order valence-electron chi connectivity index (χ0n) is 10.2. The van der Waals surface area contributed by atoms with Crippen LogP contribution in [0.5, 0.6) is 0 Å². The lowest BCUT2D eigenvalue weighted by Gasteiger charge is -2.24. The number of carbonyl (C=O) groups excluding carboxylic acids is 1. The van der Waals surface area contributed by atoms with Crippen LogP contribution in [0.4, 0.5) is 5.69 Å². The molecular weight excluding hydrogens is 329 g/mol. The Kier molecular flexibility index (Phi) is 6.50. The summed E-state index contributed by atoms with van der Waals surface area (Å²) in [5, 5.41) is 2.83. The maximum absolute atomic E-state index is 11.5. The molecule has 1 aliphatic rings. The molecule has 2 rings (SSSR count). The molecule has 0 bridgehead atoms. The van der Waals surface area contributed by atoms with E-state index in [0.717, 1.165) is 11.3 Å². The fourth-order valence-corrected chi connectivity index (χ4v) is 1.66. The number of anilines is 1. The monoisotopic (exact) mass is 347 g/mol. The van der Waals surface area contributed by atoms with Gasteiger partial charge in [-0.15, -0.1) is 0 Å². The van der Waals surface area contributed by atoms with E-state index in [0.29, 0.717) is 13.0 Å². The molecule has 0 spiro atoms. The fourth-order valence-electron chi connectivity index (χ4n) is 1.66. The molecule has 0 aliphatic carbocycles. The van der Waals surface area contributed by atoms with Gasteiger partial charge in [-0.3, -0.25) is 4.79 Å². The number of rotatable bonds is 2. The van der Waals surface area contributed by atoms with E-state index in [4.69, 9.17) is 4.74 Å². The molecule has 1 aromatic carbocycles. The minimum absolute atomic E-state index is 0.0365. The van der Waals surface area contributed by atoms with Crippen molar-refractivity contribution in [2.75, 3.05) is 16.4 Å². The van der Waals surface area contributed by atoms with Gasteiger partial charge in [0.05, 0.1) is 0 Å². The second kappa shape index (κ2) is 7.66. The SMILES string of the molecule is CCI.CCOC1Cc2ccccc2NC1=O. The van der Waals surface area contributed by atoms with Crippen LogP contribution in [0.2, 0.25) is 0 Å². The third-order valence-corrected chi connectivity index (χ3v) is 2.34. The zero-order chi connectivity index (χ0) is 12.7. The number of amides is 1. The number of hydrogen-bond donors (Lipinski definition) is 1. The van der Waals surface area contributed by atoms with Crippen LogP contribution >= 0.6 is 22.6 Å². The number of alkyl halides is 1. The van der Waals surface area contributed by atoms with Crippen LogP contribution in [0.15, 0.2) is 24.3 Å². The van der Waals surface area contributed by atoms with Gasteiger partial charge in [-0.25, -0.2) is 0 Å². The van der Waals surface area contributed by atoms with E-state index in [2.05, 4.69) is 34.8 Å². The summed E-state index contributed by atoms with van der Waals surface area (Å²) < 4.78 is 6.56. The molecule has 94 valence electrons. The number of hydrogen-bond acceptors (Lipinski definition) is 2. The molecule has 4 heteroatoms. The van der Waals surface area contributed by atoms with Crippen molar-refractivity contribution in [2.45, 2.75) is 26.4 Å². The van der Waals surface area contributed by atoms with Gasteiger partial charge in [0.2, 0.25) is 0 Å². The van der Waals surface area contributed by atoms with E-state index in [1.54, 1.807) is 0 Å². The number of halogens is 1. The van der Waals surface area contributed by atoms with E-state index >= 15 is 0 Å². The molecule has 0 fully saturated rings. The quantitative estimate of drug-likeness (QED) is 0.660. The molecule has 1 aromatic rings. The maximum atomic E-state index is 11.5. The van der Waals surface area contributed by atoms with Crippen molar-refractivity contribution in [1.29, 1.82) is 0 Å². The van der Waals surface area contributed by atoms with Crippen LogP contribution in [0.25, 0.3) is 0 Å². The summed E-state index contributed by atoms with van der Waals surface area (Å²) in [6.45, 7) is 4.58. The van der Waals surface area contributed by atoms with Gasteiger partial charge in [0, 0.05) is 18.7 Å². The molecule has 0 aromatic heterocycles. The number of para-hydroxylation sites is 1. The number of carbonyl (C=O) groups is 1. The average molecular weight is 347 g/mol. The highest BCUT2D eigenvalue weighted by atomic mass is 127. The van der Waals surface area contributed by atoms with Crippen molar-refractivity contribution in [2.24, 2.45) is 0 Å². The maximum Gasteiger partial charge on any atom is 0.253 e. The number of nitrogens with one attached hydrogen (secondary N) is 1. The molecule has 0 radical (unpaired) electrons. The van der Waals surface area contributed by atoms with Gasteiger partial charge in [0.15, 0.2) is 0 Å². The second-order valence-electron chi connectivity index (χ2n) is 3.56. The summed E-state index contributed by atoms with van der Waals surface area (Å²) in [6, 6.07) is 7.82. The van der Waals surface area contributed by atoms with E-state index < -0.39 is 0 Å². The Labute approximate surface area is 116 Å². The van der Waals surface area contributed by atoms with Crippen LogP contribution in [0.3, 0.4) is 0 Å². The van der Waals surface area contributed by atoms with Gasteiger partial charge in [-0.1, -0.05) is 47.7 Å². The van der Waals surface area contributed by atoms with Gasteiger partial charge < -0.3 is 10.1 Å². The first-order valence-corrected chi connectivity index (χ1v) is 7.31. The van der Waals surface area contributed by atoms with Gasteiger partial charge in [-0.2, -0.15) is 0 Å². The normalized spacial score (nSPS) is 17.6. The second-order valence-corrected chi connectivity index (χ2v) is 5.09. The third kappa shape index (κ3) is 4.27. The van der Waals surface area contributed by atoms with Gasteiger partial charge in [0.1, 0.15) is 6.10 Å². The zero-order valence-corrected chi connectivity index (χ0v) is 12.4. The minimum Gasteiger partial charge on any atom is -0.368 e. The number of benzene rings is 1. The van der Waals surface area contributed by atoms with Crippen LogP contribution in [0.1, 0.15) is 19.4 Å². The minimum atomic E-state index is -0.324. The van der Waals surface area contributed by atoms with Crippen molar-refractivity contribution in [3.8, 4) is 0 Å². The Morgan fingerprint density at radius 1 is 1.41 bits per heavy atom. The smallest absolute Gasteiger partial charge is 0.253 e. The van der Waals surface area contributed by atoms with Crippen molar-refractivity contribution < 1.29 is 9.53 Å². The van der Waals surface area contributed by atoms with E-state index in [1.165, 1.54) is 4.43 Å². The first-order valence-electron chi connectivity index (χ1n) is 5.79. The molecule has 1 N–H and O–H groups in total.